The molecule has 2 aromatic rings. The number of halogens is 2. The second kappa shape index (κ2) is 6.34. The summed E-state index contributed by atoms with van der Waals surface area (Å²) >= 11 is 9.51. The molecule has 1 aliphatic heterocycles. The van der Waals surface area contributed by atoms with Gasteiger partial charge in [-0.05, 0) is 59.4 Å². The van der Waals surface area contributed by atoms with Crippen molar-refractivity contribution >= 4 is 33.5 Å². The van der Waals surface area contributed by atoms with Crippen molar-refractivity contribution in [2.75, 3.05) is 24.5 Å². The molecule has 3 N–H and O–H groups in total. The Kier molecular flexibility index (Phi) is 4.47. The van der Waals surface area contributed by atoms with E-state index in [9.17, 15) is 0 Å². The van der Waals surface area contributed by atoms with Crippen LogP contribution in [0.5, 0.6) is 0 Å². The van der Waals surface area contributed by atoms with Crippen LogP contribution in [0.4, 0.5) is 5.95 Å². The zero-order chi connectivity index (χ0) is 14.8. The highest BCUT2D eigenvalue weighted by atomic mass is 79.9. The first-order valence-corrected chi connectivity index (χ1v) is 8.17. The minimum atomic E-state index is 0.630. The molecule has 1 aromatic carbocycles. The van der Waals surface area contributed by atoms with E-state index in [1.54, 1.807) is 0 Å². The van der Waals surface area contributed by atoms with E-state index < -0.39 is 0 Å². The van der Waals surface area contributed by atoms with Gasteiger partial charge in [-0.1, -0.05) is 11.6 Å². The maximum atomic E-state index is 6.12. The Morgan fingerprint density at radius 1 is 1.38 bits per heavy atom. The molecular weight excluding hydrogens is 354 g/mol. The van der Waals surface area contributed by atoms with E-state index in [-0.39, 0.29) is 0 Å². The fourth-order valence-electron chi connectivity index (χ4n) is 2.54. The van der Waals surface area contributed by atoms with E-state index in [2.05, 4.69) is 36.0 Å². The molecule has 112 valence electrons. The highest BCUT2D eigenvalue weighted by molar-refractivity contribution is 9.10. The van der Waals surface area contributed by atoms with Gasteiger partial charge in [0.15, 0.2) is 5.82 Å². The first kappa shape index (κ1) is 14.8. The lowest BCUT2D eigenvalue weighted by Gasteiger charge is -2.30. The predicted octanol–water partition coefficient (Wildman–Crippen LogP) is 3.06. The van der Waals surface area contributed by atoms with E-state index in [1.165, 1.54) is 0 Å². The first-order valence-electron chi connectivity index (χ1n) is 7.00. The van der Waals surface area contributed by atoms with Crippen molar-refractivity contribution in [3.63, 3.8) is 0 Å². The number of nitrogens with two attached hydrogens (primary N) is 1. The maximum Gasteiger partial charge on any atom is 0.245 e. The summed E-state index contributed by atoms with van der Waals surface area (Å²) in [5.74, 6) is 2.12. The predicted molar refractivity (Wildman–Crippen MR) is 88.5 cm³/mol. The van der Waals surface area contributed by atoms with Crippen LogP contribution in [0.3, 0.4) is 0 Å². The molecule has 0 aliphatic carbocycles. The number of aromatic nitrogens is 3. The fourth-order valence-corrected chi connectivity index (χ4v) is 2.96. The summed E-state index contributed by atoms with van der Waals surface area (Å²) in [6.07, 6.45) is 2.20. The number of H-pyrrole nitrogens is 1. The lowest BCUT2D eigenvalue weighted by atomic mass is 9.97. The van der Waals surface area contributed by atoms with Crippen LogP contribution in [0.1, 0.15) is 12.8 Å². The molecule has 1 fully saturated rings. The van der Waals surface area contributed by atoms with Gasteiger partial charge in [-0.2, -0.15) is 4.98 Å². The topological polar surface area (TPSA) is 70.8 Å². The molecule has 0 bridgehead atoms. The zero-order valence-corrected chi connectivity index (χ0v) is 13.9. The monoisotopic (exact) mass is 369 g/mol. The molecular formula is C14H17BrClN5. The van der Waals surface area contributed by atoms with Gasteiger partial charge in [0.1, 0.15) is 0 Å². The van der Waals surface area contributed by atoms with Crippen molar-refractivity contribution in [2.45, 2.75) is 12.8 Å². The van der Waals surface area contributed by atoms with Crippen LogP contribution in [0.25, 0.3) is 11.4 Å². The molecule has 1 aromatic heterocycles. The summed E-state index contributed by atoms with van der Waals surface area (Å²) < 4.78 is 0.872. The summed E-state index contributed by atoms with van der Waals surface area (Å²) in [7, 11) is 0. The highest BCUT2D eigenvalue weighted by Gasteiger charge is 2.21. The molecule has 7 heteroatoms. The van der Waals surface area contributed by atoms with E-state index in [1.807, 2.05) is 18.2 Å². The molecule has 1 saturated heterocycles. The number of aromatic amines is 1. The van der Waals surface area contributed by atoms with Gasteiger partial charge < -0.3 is 10.6 Å². The number of nitrogens with zero attached hydrogens (tertiary/aromatic N) is 3. The van der Waals surface area contributed by atoms with Crippen molar-refractivity contribution in [3.8, 4) is 11.4 Å². The molecule has 0 unspecified atom stereocenters. The average Bonchev–Trinajstić information content (AvgIpc) is 3.00. The van der Waals surface area contributed by atoms with Crippen molar-refractivity contribution in [1.82, 2.24) is 15.2 Å². The first-order chi connectivity index (χ1) is 10.2. The van der Waals surface area contributed by atoms with Crippen LogP contribution in [0, 0.1) is 5.92 Å². The third-order valence-corrected chi connectivity index (χ3v) is 5.13. The number of hydrogen-bond donors (Lipinski definition) is 2. The fraction of sp³-hybridized carbons (Fsp3) is 0.429. The van der Waals surface area contributed by atoms with E-state index in [0.29, 0.717) is 10.9 Å². The SMILES string of the molecule is NCC1CCN(c2n[nH]c(-c3ccc(Br)c(Cl)c3)n2)CC1. The summed E-state index contributed by atoms with van der Waals surface area (Å²) in [6, 6.07) is 5.74. The minimum absolute atomic E-state index is 0.630. The standard InChI is InChI=1S/C14H17BrClN5/c15-11-2-1-10(7-12(11)16)13-18-14(20-19-13)21-5-3-9(8-17)4-6-21/h1-2,7,9H,3-6,8,17H2,(H,18,19,20). The van der Waals surface area contributed by atoms with Gasteiger partial charge in [-0.15, -0.1) is 5.10 Å². The lowest BCUT2D eigenvalue weighted by Crippen LogP contribution is -2.36. The van der Waals surface area contributed by atoms with Crippen molar-refractivity contribution < 1.29 is 0 Å². The molecule has 0 saturated carbocycles. The molecule has 21 heavy (non-hydrogen) atoms. The van der Waals surface area contributed by atoms with Gasteiger partial charge in [-0.25, -0.2) is 0 Å². The quantitative estimate of drug-likeness (QED) is 0.871. The third kappa shape index (κ3) is 3.22. The van der Waals surface area contributed by atoms with E-state index in [4.69, 9.17) is 17.3 Å². The van der Waals surface area contributed by atoms with Crippen molar-refractivity contribution in [3.05, 3.63) is 27.7 Å². The second-order valence-corrected chi connectivity index (χ2v) is 6.54. The molecule has 1 aliphatic rings. The highest BCUT2D eigenvalue weighted by Crippen LogP contribution is 2.28. The lowest BCUT2D eigenvalue weighted by molar-refractivity contribution is 0.411. The smallest absolute Gasteiger partial charge is 0.245 e. The zero-order valence-electron chi connectivity index (χ0n) is 11.5. The van der Waals surface area contributed by atoms with Gasteiger partial charge >= 0.3 is 0 Å². The van der Waals surface area contributed by atoms with Crippen LogP contribution >= 0.6 is 27.5 Å². The summed E-state index contributed by atoms with van der Waals surface area (Å²) in [5, 5.41) is 7.97. The van der Waals surface area contributed by atoms with E-state index in [0.717, 1.165) is 54.3 Å². The molecule has 0 atom stereocenters. The third-order valence-electron chi connectivity index (χ3n) is 3.90. The maximum absolute atomic E-state index is 6.12. The van der Waals surface area contributed by atoms with Gasteiger partial charge in [0.2, 0.25) is 5.95 Å². The number of piperidine rings is 1. The van der Waals surface area contributed by atoms with Crippen molar-refractivity contribution in [2.24, 2.45) is 11.7 Å². The number of rotatable bonds is 3. The van der Waals surface area contributed by atoms with Crippen LogP contribution < -0.4 is 10.6 Å². The number of nitrogens with one attached hydrogen (secondary N) is 1. The largest absolute Gasteiger partial charge is 0.340 e. The Bertz CT molecular complexity index is 622. The molecule has 0 amide bonds. The van der Waals surface area contributed by atoms with Gasteiger partial charge in [0, 0.05) is 23.1 Å². The summed E-state index contributed by atoms with van der Waals surface area (Å²) in [4.78, 5) is 6.78. The molecule has 5 nitrogen and oxygen atoms in total. The Morgan fingerprint density at radius 2 is 2.14 bits per heavy atom. The Labute approximate surface area is 137 Å². The van der Waals surface area contributed by atoms with Crippen LogP contribution in [-0.4, -0.2) is 34.8 Å². The van der Waals surface area contributed by atoms with Gasteiger partial charge in [0.25, 0.3) is 0 Å². The second-order valence-electron chi connectivity index (χ2n) is 5.28. The molecule has 0 spiro atoms. The van der Waals surface area contributed by atoms with E-state index >= 15 is 0 Å². The number of anilines is 1. The summed E-state index contributed by atoms with van der Waals surface area (Å²) in [5.41, 5.74) is 6.65. The Hall–Kier alpha value is -1.11. The molecule has 3 rings (SSSR count). The summed E-state index contributed by atoms with van der Waals surface area (Å²) in [6.45, 7) is 2.69. The van der Waals surface area contributed by atoms with Crippen LogP contribution in [0.2, 0.25) is 5.02 Å². The van der Waals surface area contributed by atoms with Gasteiger partial charge in [0.05, 0.1) is 5.02 Å². The molecule has 0 radical (unpaired) electrons. The number of benzene rings is 1. The van der Waals surface area contributed by atoms with Gasteiger partial charge in [-0.3, -0.25) is 5.10 Å². The van der Waals surface area contributed by atoms with Crippen molar-refractivity contribution in [1.29, 1.82) is 0 Å². The van der Waals surface area contributed by atoms with Crippen LogP contribution in [0.15, 0.2) is 22.7 Å². The Balaban J connectivity index is 1.76. The minimum Gasteiger partial charge on any atom is -0.340 e. The number of hydrogen-bond acceptors (Lipinski definition) is 4. The Morgan fingerprint density at radius 3 is 2.81 bits per heavy atom. The average molecular weight is 371 g/mol. The normalized spacial score (nSPS) is 16.4. The van der Waals surface area contributed by atoms with Crippen LogP contribution in [-0.2, 0) is 0 Å². The molecule has 2 heterocycles.